The molecule has 0 aliphatic rings. The van der Waals surface area contributed by atoms with Crippen LogP contribution in [0, 0.1) is 0 Å². The van der Waals surface area contributed by atoms with Crippen LogP contribution < -0.4 is 5.32 Å². The average molecular weight is 870 g/mol. The van der Waals surface area contributed by atoms with Gasteiger partial charge in [0.1, 0.15) is 13.2 Å². The Hall–Kier alpha value is -1.02. The van der Waals surface area contributed by atoms with Crippen molar-refractivity contribution in [2.45, 2.75) is 257 Å². The lowest BCUT2D eigenvalue weighted by Gasteiger charge is -2.25. The molecule has 8 nitrogen and oxygen atoms in total. The van der Waals surface area contributed by atoms with Crippen LogP contribution in [0.3, 0.4) is 0 Å². The second-order valence-corrected chi connectivity index (χ2v) is 20.4. The van der Waals surface area contributed by atoms with Crippen molar-refractivity contribution in [2.75, 3.05) is 40.9 Å². The first-order chi connectivity index (χ1) is 29.0. The van der Waals surface area contributed by atoms with Crippen molar-refractivity contribution in [1.82, 2.24) is 5.32 Å². The Balaban J connectivity index is 4.31. The molecule has 9 heteroatoms. The van der Waals surface area contributed by atoms with E-state index < -0.39 is 20.0 Å². The lowest BCUT2D eigenvalue weighted by Crippen LogP contribution is -2.45. The number of nitrogens with zero attached hydrogens (tertiary/aromatic N) is 1. The maximum Gasteiger partial charge on any atom is 0.472 e. The number of hydrogen-bond acceptors (Lipinski definition) is 5. The molecular weight excluding hydrogens is 768 g/mol. The van der Waals surface area contributed by atoms with E-state index in [2.05, 4.69) is 31.3 Å². The summed E-state index contributed by atoms with van der Waals surface area (Å²) in [5.74, 6) is -0.177. The standard InChI is InChI=1S/C51H101N2O6P/c1-6-8-10-12-14-16-18-20-22-24-26-28-30-32-34-36-38-40-42-44-50(54)49(48-59-60(56,57)58-47-46-53(3,4)5)52-51(55)45-43-41-39-37-35-33-31-29-27-25-23-21-19-17-15-13-11-9-7-2/h21,23,42,44,49-50,54H,6-20,22,24-41,43,45-48H2,1-5H3,(H-,52,55,56,57)/p+1/b23-21-,44-42+. The fourth-order valence-corrected chi connectivity index (χ4v) is 8.30. The van der Waals surface area contributed by atoms with Gasteiger partial charge in [-0.3, -0.25) is 13.8 Å². The van der Waals surface area contributed by atoms with Gasteiger partial charge in [-0.15, -0.1) is 0 Å². The van der Waals surface area contributed by atoms with Crippen LogP contribution in [-0.4, -0.2) is 73.4 Å². The minimum absolute atomic E-state index is 0.0626. The first-order valence-electron chi connectivity index (χ1n) is 25.7. The number of amides is 1. The van der Waals surface area contributed by atoms with Crippen LogP contribution in [-0.2, 0) is 18.4 Å². The molecule has 0 aliphatic heterocycles. The Morgan fingerprint density at radius 2 is 0.900 bits per heavy atom. The summed E-state index contributed by atoms with van der Waals surface area (Å²) < 4.78 is 23.6. The van der Waals surface area contributed by atoms with Crippen molar-refractivity contribution in [3.63, 3.8) is 0 Å². The van der Waals surface area contributed by atoms with E-state index in [1.54, 1.807) is 6.08 Å². The molecule has 0 aliphatic carbocycles. The smallest absolute Gasteiger partial charge is 0.387 e. The lowest BCUT2D eigenvalue weighted by atomic mass is 10.0. The quantitative estimate of drug-likeness (QED) is 0.0243. The molecular formula is C51H102N2O6P+. The van der Waals surface area contributed by atoms with E-state index >= 15 is 0 Å². The number of carbonyl (C=O) groups is 1. The van der Waals surface area contributed by atoms with Crippen LogP contribution in [0.1, 0.15) is 245 Å². The number of quaternary nitrogens is 1. The Morgan fingerprint density at radius 1 is 0.550 bits per heavy atom. The first-order valence-corrected chi connectivity index (χ1v) is 27.2. The summed E-state index contributed by atoms with van der Waals surface area (Å²) in [5, 5.41) is 13.9. The molecule has 356 valence electrons. The number of allylic oxidation sites excluding steroid dienone is 3. The highest BCUT2D eigenvalue weighted by Crippen LogP contribution is 2.43. The molecule has 0 spiro atoms. The highest BCUT2D eigenvalue weighted by molar-refractivity contribution is 7.47. The van der Waals surface area contributed by atoms with Gasteiger partial charge in [0.2, 0.25) is 5.91 Å². The molecule has 0 bridgehead atoms. The monoisotopic (exact) mass is 870 g/mol. The van der Waals surface area contributed by atoms with Gasteiger partial charge in [-0.1, -0.05) is 218 Å². The number of aliphatic hydroxyl groups is 1. The van der Waals surface area contributed by atoms with Gasteiger partial charge in [0.15, 0.2) is 0 Å². The minimum atomic E-state index is -4.34. The lowest BCUT2D eigenvalue weighted by molar-refractivity contribution is -0.870. The fraction of sp³-hybridized carbons (Fsp3) is 0.902. The molecule has 1 amide bonds. The number of carbonyl (C=O) groups excluding carboxylic acids is 1. The number of aliphatic hydroxyl groups excluding tert-OH is 1. The molecule has 0 fully saturated rings. The Bertz CT molecular complexity index is 1030. The third kappa shape index (κ3) is 45.0. The normalized spacial score (nSPS) is 14.3. The summed E-state index contributed by atoms with van der Waals surface area (Å²) in [6, 6.07) is -0.845. The van der Waals surface area contributed by atoms with E-state index in [-0.39, 0.29) is 19.1 Å². The van der Waals surface area contributed by atoms with Crippen molar-refractivity contribution in [3.05, 3.63) is 24.3 Å². The number of phosphoric ester groups is 1. The second-order valence-electron chi connectivity index (χ2n) is 18.9. The van der Waals surface area contributed by atoms with Crippen LogP contribution in [0.15, 0.2) is 24.3 Å². The average Bonchev–Trinajstić information content (AvgIpc) is 3.20. The van der Waals surface area contributed by atoms with E-state index in [4.69, 9.17) is 9.05 Å². The van der Waals surface area contributed by atoms with E-state index in [9.17, 15) is 19.4 Å². The van der Waals surface area contributed by atoms with E-state index in [1.165, 1.54) is 186 Å². The molecule has 0 saturated heterocycles. The van der Waals surface area contributed by atoms with E-state index in [1.807, 2.05) is 27.2 Å². The minimum Gasteiger partial charge on any atom is -0.387 e. The number of likely N-dealkylation sites (N-methyl/N-ethyl adjacent to an activating group) is 1. The van der Waals surface area contributed by atoms with Gasteiger partial charge in [-0.2, -0.15) is 0 Å². The second kappa shape index (κ2) is 43.2. The van der Waals surface area contributed by atoms with Gasteiger partial charge in [0, 0.05) is 6.42 Å². The Kier molecular flexibility index (Phi) is 42.5. The maximum atomic E-state index is 12.9. The topological polar surface area (TPSA) is 105 Å². The van der Waals surface area contributed by atoms with Gasteiger partial charge < -0.3 is 19.8 Å². The number of unbranched alkanes of at least 4 members (excludes halogenated alkanes) is 32. The highest BCUT2D eigenvalue weighted by atomic mass is 31.2. The summed E-state index contributed by atoms with van der Waals surface area (Å²) in [5.41, 5.74) is 0. The Labute approximate surface area is 373 Å². The van der Waals surface area contributed by atoms with Crippen LogP contribution >= 0.6 is 7.82 Å². The van der Waals surface area contributed by atoms with E-state index in [0.29, 0.717) is 17.4 Å². The van der Waals surface area contributed by atoms with Gasteiger partial charge >= 0.3 is 7.82 Å². The molecule has 0 rings (SSSR count). The molecule has 0 heterocycles. The van der Waals surface area contributed by atoms with Crippen molar-refractivity contribution in [2.24, 2.45) is 0 Å². The molecule has 0 radical (unpaired) electrons. The first kappa shape index (κ1) is 59.0. The van der Waals surface area contributed by atoms with Crippen LogP contribution in [0.4, 0.5) is 0 Å². The predicted octanol–water partition coefficient (Wildman–Crippen LogP) is 14.9. The third-order valence-electron chi connectivity index (χ3n) is 11.7. The summed E-state index contributed by atoms with van der Waals surface area (Å²) >= 11 is 0. The van der Waals surface area contributed by atoms with Crippen LogP contribution in [0.2, 0.25) is 0 Å². The molecule has 3 atom stereocenters. The zero-order chi connectivity index (χ0) is 44.3. The zero-order valence-electron chi connectivity index (χ0n) is 40.5. The van der Waals surface area contributed by atoms with Crippen molar-refractivity contribution in [3.8, 4) is 0 Å². The summed E-state index contributed by atoms with van der Waals surface area (Å²) in [4.78, 5) is 23.2. The van der Waals surface area contributed by atoms with Gasteiger partial charge in [0.05, 0.1) is 39.9 Å². The Morgan fingerprint density at radius 3 is 1.28 bits per heavy atom. The summed E-state index contributed by atoms with van der Waals surface area (Å²) in [6.07, 6.45) is 52.5. The summed E-state index contributed by atoms with van der Waals surface area (Å²) in [6.45, 7) is 4.83. The molecule has 0 aromatic rings. The van der Waals surface area contributed by atoms with Crippen LogP contribution in [0.5, 0.6) is 0 Å². The number of rotatable bonds is 47. The predicted molar refractivity (Wildman–Crippen MR) is 258 cm³/mol. The summed E-state index contributed by atoms with van der Waals surface area (Å²) in [7, 11) is 1.58. The SMILES string of the molecule is CCCCCCCC/C=C\CCCCCCCCCCCC(=O)NC(COP(=O)(O)OCC[N+](C)(C)C)C(O)/C=C/CCCCCCCCCCCCCCCCCCC. The van der Waals surface area contributed by atoms with Crippen LogP contribution in [0.25, 0.3) is 0 Å². The van der Waals surface area contributed by atoms with Gasteiger partial charge in [0.25, 0.3) is 0 Å². The number of phosphoric acid groups is 1. The maximum absolute atomic E-state index is 12.9. The molecule has 0 aromatic carbocycles. The van der Waals surface area contributed by atoms with Crippen molar-refractivity contribution in [1.29, 1.82) is 0 Å². The van der Waals surface area contributed by atoms with Gasteiger partial charge in [-0.05, 0) is 44.9 Å². The molecule has 3 N–H and O–H groups in total. The fourth-order valence-electron chi connectivity index (χ4n) is 7.57. The van der Waals surface area contributed by atoms with E-state index in [0.717, 1.165) is 38.5 Å². The number of nitrogens with one attached hydrogen (secondary N) is 1. The zero-order valence-corrected chi connectivity index (χ0v) is 41.4. The molecule has 0 saturated carbocycles. The molecule has 3 unspecified atom stereocenters. The van der Waals surface area contributed by atoms with Crippen molar-refractivity contribution < 1.29 is 32.9 Å². The molecule has 60 heavy (non-hydrogen) atoms. The molecule has 0 aromatic heterocycles. The largest absolute Gasteiger partial charge is 0.472 e. The number of hydrogen-bond donors (Lipinski definition) is 3. The van der Waals surface area contributed by atoms with Gasteiger partial charge in [-0.25, -0.2) is 4.57 Å². The third-order valence-corrected chi connectivity index (χ3v) is 12.6. The van der Waals surface area contributed by atoms with Crippen molar-refractivity contribution >= 4 is 13.7 Å². The highest BCUT2D eigenvalue weighted by Gasteiger charge is 2.27.